The Hall–Kier alpha value is -2.94. The normalized spacial score (nSPS) is 9.91. The Bertz CT molecular complexity index is 692. The van der Waals surface area contributed by atoms with E-state index in [1.165, 1.54) is 0 Å². The molecular weight excluding hydrogens is 286 g/mol. The van der Waals surface area contributed by atoms with Gasteiger partial charge in [-0.25, -0.2) is 0 Å². The topological polar surface area (TPSA) is 37.4 Å². The van der Waals surface area contributed by atoms with Gasteiger partial charge in [0.15, 0.2) is 5.78 Å². The Balaban J connectivity index is 2.18. The van der Waals surface area contributed by atoms with E-state index in [-0.39, 0.29) is 11.7 Å². The van der Waals surface area contributed by atoms with Crippen LogP contribution in [0.15, 0.2) is 79.9 Å². The van der Waals surface area contributed by atoms with Gasteiger partial charge in [0.2, 0.25) is 0 Å². The number of nitrogens with zero attached hydrogens (tertiary/aromatic N) is 1. The van der Waals surface area contributed by atoms with Crippen LogP contribution in [0.2, 0.25) is 0 Å². The van der Waals surface area contributed by atoms with Gasteiger partial charge in [-0.1, -0.05) is 54.6 Å². The van der Waals surface area contributed by atoms with E-state index in [4.69, 9.17) is 0 Å². The predicted octanol–water partition coefficient (Wildman–Crippen LogP) is 3.73. The number of benzene rings is 2. The molecule has 0 saturated carbocycles. The summed E-state index contributed by atoms with van der Waals surface area (Å²) in [6, 6.07) is 15.8. The zero-order valence-electron chi connectivity index (χ0n) is 12.9. The molecule has 2 aromatic rings. The molecule has 0 N–H and O–H groups in total. The number of hydrogen-bond acceptors (Lipinski definition) is 2. The Kier molecular flexibility index (Phi) is 5.64. The smallest absolute Gasteiger partial charge is 0.254 e. The van der Waals surface area contributed by atoms with Crippen molar-refractivity contribution >= 4 is 11.7 Å². The van der Waals surface area contributed by atoms with Crippen molar-refractivity contribution in [2.45, 2.75) is 0 Å². The van der Waals surface area contributed by atoms with Crippen LogP contribution in [-0.2, 0) is 0 Å². The lowest BCUT2D eigenvalue weighted by Crippen LogP contribution is -2.31. The third-order valence-electron chi connectivity index (χ3n) is 3.42. The molecule has 3 heteroatoms. The molecular formula is C20H19NO2. The van der Waals surface area contributed by atoms with E-state index in [1.54, 1.807) is 53.5 Å². The van der Waals surface area contributed by atoms with Gasteiger partial charge in [0.25, 0.3) is 5.91 Å². The Morgan fingerprint density at radius 2 is 1.26 bits per heavy atom. The lowest BCUT2D eigenvalue weighted by molar-refractivity contribution is 0.0790. The quantitative estimate of drug-likeness (QED) is 0.577. The van der Waals surface area contributed by atoms with Crippen LogP contribution in [-0.4, -0.2) is 29.7 Å². The second-order valence-corrected chi connectivity index (χ2v) is 5.06. The minimum absolute atomic E-state index is 0.0568. The zero-order valence-corrected chi connectivity index (χ0v) is 12.9. The molecule has 0 aliphatic rings. The first-order valence-corrected chi connectivity index (χ1v) is 7.38. The van der Waals surface area contributed by atoms with Gasteiger partial charge in [0, 0.05) is 29.8 Å². The maximum absolute atomic E-state index is 12.4. The Morgan fingerprint density at radius 1 is 0.783 bits per heavy atom. The molecule has 0 fully saturated rings. The lowest BCUT2D eigenvalue weighted by Gasteiger charge is -2.19. The third-order valence-corrected chi connectivity index (χ3v) is 3.42. The number of hydrogen-bond donors (Lipinski definition) is 0. The van der Waals surface area contributed by atoms with Gasteiger partial charge in [-0.2, -0.15) is 0 Å². The van der Waals surface area contributed by atoms with Gasteiger partial charge in [-0.05, 0) is 12.1 Å². The molecule has 0 aliphatic carbocycles. The van der Waals surface area contributed by atoms with Crippen LogP contribution in [0.4, 0.5) is 0 Å². The molecule has 0 aromatic heterocycles. The van der Waals surface area contributed by atoms with Gasteiger partial charge in [-0.15, -0.1) is 13.2 Å². The summed E-state index contributed by atoms with van der Waals surface area (Å²) in [6.07, 6.45) is 3.35. The number of rotatable bonds is 7. The van der Waals surface area contributed by atoms with Crippen molar-refractivity contribution in [3.8, 4) is 0 Å². The number of carbonyl (C=O) groups excluding carboxylic acids is 2. The third kappa shape index (κ3) is 4.04. The van der Waals surface area contributed by atoms with E-state index in [9.17, 15) is 9.59 Å². The average Bonchev–Trinajstić information content (AvgIpc) is 2.61. The number of carbonyl (C=O) groups is 2. The van der Waals surface area contributed by atoms with E-state index in [0.717, 1.165) is 0 Å². The zero-order chi connectivity index (χ0) is 16.7. The summed E-state index contributed by atoms with van der Waals surface area (Å²) in [5.74, 6) is -0.165. The summed E-state index contributed by atoms with van der Waals surface area (Å²) < 4.78 is 0. The van der Waals surface area contributed by atoms with Gasteiger partial charge in [0.1, 0.15) is 0 Å². The van der Waals surface area contributed by atoms with Crippen LogP contribution in [0.25, 0.3) is 0 Å². The second kappa shape index (κ2) is 7.90. The van der Waals surface area contributed by atoms with Crippen molar-refractivity contribution in [2.75, 3.05) is 13.1 Å². The van der Waals surface area contributed by atoms with Crippen LogP contribution >= 0.6 is 0 Å². The second-order valence-electron chi connectivity index (χ2n) is 5.06. The van der Waals surface area contributed by atoms with Crippen LogP contribution in [0, 0.1) is 0 Å². The van der Waals surface area contributed by atoms with Crippen LogP contribution < -0.4 is 0 Å². The van der Waals surface area contributed by atoms with Crippen LogP contribution in [0.5, 0.6) is 0 Å². The molecule has 2 aromatic carbocycles. The van der Waals surface area contributed by atoms with Gasteiger partial charge in [-0.3, -0.25) is 9.59 Å². The highest BCUT2D eigenvalue weighted by molar-refractivity contribution is 6.09. The molecule has 0 bridgehead atoms. The fraction of sp³-hybridized carbons (Fsp3) is 0.100. The molecule has 0 atom stereocenters. The van der Waals surface area contributed by atoms with Gasteiger partial charge < -0.3 is 4.90 Å². The largest absolute Gasteiger partial charge is 0.331 e. The SMILES string of the molecule is C=CCN(CC=C)C(=O)c1ccc(C(=O)c2ccccc2)cc1. The van der Waals surface area contributed by atoms with Gasteiger partial charge in [0.05, 0.1) is 0 Å². The monoisotopic (exact) mass is 305 g/mol. The molecule has 3 nitrogen and oxygen atoms in total. The van der Waals surface area contributed by atoms with E-state index < -0.39 is 0 Å². The first-order chi connectivity index (χ1) is 11.2. The fourth-order valence-electron chi connectivity index (χ4n) is 2.25. The van der Waals surface area contributed by atoms with Crippen molar-refractivity contribution in [1.82, 2.24) is 4.90 Å². The maximum atomic E-state index is 12.4. The molecule has 0 unspecified atom stereocenters. The minimum atomic E-state index is -0.108. The van der Waals surface area contributed by atoms with E-state index >= 15 is 0 Å². The highest BCUT2D eigenvalue weighted by atomic mass is 16.2. The predicted molar refractivity (Wildman–Crippen MR) is 92.6 cm³/mol. The maximum Gasteiger partial charge on any atom is 0.254 e. The summed E-state index contributed by atoms with van der Waals surface area (Å²) in [5, 5.41) is 0. The highest BCUT2D eigenvalue weighted by Crippen LogP contribution is 2.12. The van der Waals surface area contributed by atoms with Crippen molar-refractivity contribution in [1.29, 1.82) is 0 Å². The molecule has 23 heavy (non-hydrogen) atoms. The molecule has 0 heterocycles. The summed E-state index contributed by atoms with van der Waals surface area (Å²) in [7, 11) is 0. The van der Waals surface area contributed by atoms with E-state index in [1.807, 2.05) is 18.2 Å². The molecule has 0 saturated heterocycles. The van der Waals surface area contributed by atoms with E-state index in [0.29, 0.717) is 29.8 Å². The number of ketones is 1. The Labute approximate surface area is 136 Å². The first-order valence-electron chi connectivity index (χ1n) is 7.38. The summed E-state index contributed by atoms with van der Waals surface area (Å²) >= 11 is 0. The van der Waals surface area contributed by atoms with Crippen molar-refractivity contribution in [3.05, 3.63) is 96.6 Å². The average molecular weight is 305 g/mol. The van der Waals surface area contributed by atoms with E-state index in [2.05, 4.69) is 13.2 Å². The molecule has 116 valence electrons. The standard InChI is InChI=1S/C20H19NO2/c1-3-14-21(15-4-2)20(23)18-12-10-17(11-13-18)19(22)16-8-6-5-7-9-16/h3-13H,1-2,14-15H2. The molecule has 0 spiro atoms. The molecule has 2 rings (SSSR count). The van der Waals surface area contributed by atoms with Crippen molar-refractivity contribution in [2.24, 2.45) is 0 Å². The van der Waals surface area contributed by atoms with Crippen LogP contribution in [0.1, 0.15) is 26.3 Å². The van der Waals surface area contributed by atoms with Gasteiger partial charge >= 0.3 is 0 Å². The van der Waals surface area contributed by atoms with Crippen LogP contribution in [0.3, 0.4) is 0 Å². The molecule has 1 amide bonds. The first kappa shape index (κ1) is 16.4. The fourth-order valence-corrected chi connectivity index (χ4v) is 2.25. The summed E-state index contributed by atoms with van der Waals surface area (Å²) in [5.41, 5.74) is 1.73. The van der Waals surface area contributed by atoms with Crippen molar-refractivity contribution < 1.29 is 9.59 Å². The Morgan fingerprint density at radius 3 is 1.78 bits per heavy atom. The minimum Gasteiger partial charge on any atom is -0.331 e. The van der Waals surface area contributed by atoms with Crippen molar-refractivity contribution in [3.63, 3.8) is 0 Å². The highest BCUT2D eigenvalue weighted by Gasteiger charge is 2.14. The summed E-state index contributed by atoms with van der Waals surface area (Å²) in [6.45, 7) is 8.22. The lowest BCUT2D eigenvalue weighted by atomic mass is 10.0. The number of amides is 1. The summed E-state index contributed by atoms with van der Waals surface area (Å²) in [4.78, 5) is 26.4. The molecule has 0 radical (unpaired) electrons. The molecule has 0 aliphatic heterocycles.